The molecule has 1 heterocycles. The van der Waals surface area contributed by atoms with Crippen LogP contribution in [0.5, 0.6) is 0 Å². The minimum absolute atomic E-state index is 0.00691. The number of hydrogen-bond donors (Lipinski definition) is 1. The Bertz CT molecular complexity index is 951. The van der Waals surface area contributed by atoms with E-state index < -0.39 is 0 Å². The highest BCUT2D eigenvalue weighted by Crippen LogP contribution is 2.36. The van der Waals surface area contributed by atoms with E-state index in [0.717, 1.165) is 29.8 Å². The Hall–Kier alpha value is -2.78. The SMILES string of the molecule is CCCc1ccc(N2C(=O)c3ccccc3NC2c2ccc(Cl)cc2)cc1. The van der Waals surface area contributed by atoms with Gasteiger partial charge in [0.05, 0.1) is 5.56 Å². The first kappa shape index (κ1) is 17.6. The molecule has 1 aliphatic heterocycles. The first-order valence-corrected chi connectivity index (χ1v) is 9.58. The molecule has 4 rings (SSSR count). The number of nitrogens with one attached hydrogen (secondary N) is 1. The van der Waals surface area contributed by atoms with Crippen molar-refractivity contribution in [1.82, 2.24) is 0 Å². The van der Waals surface area contributed by atoms with Gasteiger partial charge in [-0.25, -0.2) is 0 Å². The van der Waals surface area contributed by atoms with Crippen LogP contribution in [0.15, 0.2) is 72.8 Å². The lowest BCUT2D eigenvalue weighted by Crippen LogP contribution is -2.43. The van der Waals surface area contributed by atoms with Crippen LogP contribution in [0.4, 0.5) is 11.4 Å². The van der Waals surface area contributed by atoms with Crippen LogP contribution in [0.1, 0.15) is 41.0 Å². The second-order valence-electron chi connectivity index (χ2n) is 6.74. The Balaban J connectivity index is 1.79. The average Bonchev–Trinajstić information content (AvgIpc) is 2.70. The summed E-state index contributed by atoms with van der Waals surface area (Å²) in [5, 5.41) is 4.19. The topological polar surface area (TPSA) is 32.3 Å². The number of anilines is 2. The van der Waals surface area contributed by atoms with Gasteiger partial charge in [0.15, 0.2) is 0 Å². The highest BCUT2D eigenvalue weighted by atomic mass is 35.5. The van der Waals surface area contributed by atoms with E-state index in [1.54, 1.807) is 0 Å². The zero-order valence-electron chi connectivity index (χ0n) is 15.2. The molecule has 0 radical (unpaired) electrons. The lowest BCUT2D eigenvalue weighted by atomic mass is 10.0. The van der Waals surface area contributed by atoms with Gasteiger partial charge in [-0.3, -0.25) is 9.69 Å². The van der Waals surface area contributed by atoms with Crippen molar-refractivity contribution in [3.63, 3.8) is 0 Å². The van der Waals surface area contributed by atoms with Gasteiger partial charge in [-0.2, -0.15) is 0 Å². The molecule has 3 nitrogen and oxygen atoms in total. The quantitative estimate of drug-likeness (QED) is 0.599. The van der Waals surface area contributed by atoms with Crippen molar-refractivity contribution in [3.05, 3.63) is 94.5 Å². The van der Waals surface area contributed by atoms with Crippen molar-refractivity contribution in [2.45, 2.75) is 25.9 Å². The van der Waals surface area contributed by atoms with E-state index in [1.165, 1.54) is 5.56 Å². The summed E-state index contributed by atoms with van der Waals surface area (Å²) in [6, 6.07) is 23.5. The Morgan fingerprint density at radius 2 is 1.67 bits per heavy atom. The number of carbonyl (C=O) groups is 1. The number of fused-ring (bicyclic) bond motifs is 1. The molecule has 4 heteroatoms. The summed E-state index contributed by atoms with van der Waals surface area (Å²) in [6.07, 6.45) is 1.85. The summed E-state index contributed by atoms with van der Waals surface area (Å²) in [7, 11) is 0. The zero-order chi connectivity index (χ0) is 18.8. The Morgan fingerprint density at radius 3 is 2.37 bits per heavy atom. The normalized spacial score (nSPS) is 16.0. The van der Waals surface area contributed by atoms with Crippen molar-refractivity contribution < 1.29 is 4.79 Å². The molecule has 1 atom stereocenters. The monoisotopic (exact) mass is 376 g/mol. The fraction of sp³-hybridized carbons (Fsp3) is 0.174. The number of hydrogen-bond acceptors (Lipinski definition) is 2. The summed E-state index contributed by atoms with van der Waals surface area (Å²) >= 11 is 6.06. The van der Waals surface area contributed by atoms with Gasteiger partial charge in [0.1, 0.15) is 6.17 Å². The molecule has 0 saturated carbocycles. The van der Waals surface area contributed by atoms with Gasteiger partial charge >= 0.3 is 0 Å². The van der Waals surface area contributed by atoms with E-state index in [-0.39, 0.29) is 12.1 Å². The third-order valence-corrected chi connectivity index (χ3v) is 5.12. The molecule has 0 saturated heterocycles. The average molecular weight is 377 g/mol. The number of para-hydroxylation sites is 1. The van der Waals surface area contributed by atoms with Crippen molar-refractivity contribution in [2.24, 2.45) is 0 Å². The number of carbonyl (C=O) groups excluding carboxylic acids is 1. The van der Waals surface area contributed by atoms with Gasteiger partial charge < -0.3 is 5.32 Å². The van der Waals surface area contributed by atoms with E-state index >= 15 is 0 Å². The van der Waals surface area contributed by atoms with Gasteiger partial charge in [0, 0.05) is 16.4 Å². The molecular weight excluding hydrogens is 356 g/mol. The maximum absolute atomic E-state index is 13.3. The van der Waals surface area contributed by atoms with Crippen LogP contribution in [-0.4, -0.2) is 5.91 Å². The lowest BCUT2D eigenvalue weighted by molar-refractivity contribution is 0.0975. The summed E-state index contributed by atoms with van der Waals surface area (Å²) in [5.41, 5.74) is 4.67. The molecule has 1 aliphatic rings. The maximum Gasteiger partial charge on any atom is 0.262 e. The molecule has 0 fully saturated rings. The number of aryl methyl sites for hydroxylation is 1. The third-order valence-electron chi connectivity index (χ3n) is 4.87. The van der Waals surface area contributed by atoms with E-state index in [4.69, 9.17) is 11.6 Å². The van der Waals surface area contributed by atoms with Crippen LogP contribution >= 0.6 is 11.6 Å². The van der Waals surface area contributed by atoms with Crippen molar-refractivity contribution in [2.75, 3.05) is 10.2 Å². The Kier molecular flexibility index (Phi) is 4.87. The summed E-state index contributed by atoms with van der Waals surface area (Å²) < 4.78 is 0. The first-order chi connectivity index (χ1) is 13.2. The molecule has 1 unspecified atom stereocenters. The molecular formula is C23H21ClN2O. The molecule has 136 valence electrons. The predicted molar refractivity (Wildman–Crippen MR) is 112 cm³/mol. The van der Waals surface area contributed by atoms with Gasteiger partial charge in [0.25, 0.3) is 5.91 Å². The molecule has 27 heavy (non-hydrogen) atoms. The second kappa shape index (κ2) is 7.45. The molecule has 3 aromatic rings. The first-order valence-electron chi connectivity index (χ1n) is 9.21. The zero-order valence-corrected chi connectivity index (χ0v) is 15.9. The van der Waals surface area contributed by atoms with Crippen molar-refractivity contribution in [3.8, 4) is 0 Å². The minimum Gasteiger partial charge on any atom is -0.360 e. The fourth-order valence-electron chi connectivity index (χ4n) is 3.51. The summed E-state index contributed by atoms with van der Waals surface area (Å²) in [6.45, 7) is 2.17. The van der Waals surface area contributed by atoms with Crippen LogP contribution in [0.2, 0.25) is 5.02 Å². The smallest absolute Gasteiger partial charge is 0.262 e. The maximum atomic E-state index is 13.3. The Morgan fingerprint density at radius 1 is 0.963 bits per heavy atom. The predicted octanol–water partition coefficient (Wildman–Crippen LogP) is 6.06. The standard InChI is InChI=1S/C23H21ClN2O/c1-2-5-16-8-14-19(15-9-16)26-22(17-10-12-18(24)13-11-17)25-21-7-4-3-6-20(21)23(26)27/h3-4,6-15,22,25H,2,5H2,1H3. The molecule has 0 aromatic heterocycles. The number of amides is 1. The van der Waals surface area contributed by atoms with Gasteiger partial charge in [-0.05, 0) is 53.9 Å². The fourth-order valence-corrected chi connectivity index (χ4v) is 3.64. The second-order valence-corrected chi connectivity index (χ2v) is 7.17. The van der Waals surface area contributed by atoms with Crippen LogP contribution < -0.4 is 10.2 Å². The Labute approximate surface area is 164 Å². The van der Waals surface area contributed by atoms with Gasteiger partial charge in [0.2, 0.25) is 0 Å². The molecule has 0 spiro atoms. The van der Waals surface area contributed by atoms with Gasteiger partial charge in [-0.1, -0.05) is 61.3 Å². The lowest BCUT2D eigenvalue weighted by Gasteiger charge is -2.38. The molecule has 1 amide bonds. The van der Waals surface area contributed by atoms with E-state index in [9.17, 15) is 4.79 Å². The summed E-state index contributed by atoms with van der Waals surface area (Å²) in [4.78, 5) is 15.2. The highest BCUT2D eigenvalue weighted by molar-refractivity contribution is 6.30. The molecule has 0 aliphatic carbocycles. The van der Waals surface area contributed by atoms with Crippen LogP contribution in [0.3, 0.4) is 0 Å². The number of nitrogens with zero attached hydrogens (tertiary/aromatic N) is 1. The summed E-state index contributed by atoms with van der Waals surface area (Å²) in [5.74, 6) is -0.00691. The van der Waals surface area contributed by atoms with Crippen molar-refractivity contribution in [1.29, 1.82) is 0 Å². The van der Waals surface area contributed by atoms with Crippen LogP contribution in [0, 0.1) is 0 Å². The van der Waals surface area contributed by atoms with Gasteiger partial charge in [-0.15, -0.1) is 0 Å². The van der Waals surface area contributed by atoms with Crippen molar-refractivity contribution >= 4 is 28.9 Å². The third kappa shape index (κ3) is 3.43. The van der Waals surface area contributed by atoms with E-state index in [2.05, 4.69) is 24.4 Å². The highest BCUT2D eigenvalue weighted by Gasteiger charge is 2.33. The largest absolute Gasteiger partial charge is 0.360 e. The minimum atomic E-state index is -0.290. The van der Waals surface area contributed by atoms with E-state index in [1.807, 2.05) is 65.6 Å². The van der Waals surface area contributed by atoms with Crippen LogP contribution in [-0.2, 0) is 6.42 Å². The number of benzene rings is 3. The van der Waals surface area contributed by atoms with Crippen LogP contribution in [0.25, 0.3) is 0 Å². The molecule has 3 aromatic carbocycles. The molecule has 0 bridgehead atoms. The number of halogens is 1. The van der Waals surface area contributed by atoms with E-state index in [0.29, 0.717) is 10.6 Å². The number of rotatable bonds is 4. The molecule has 1 N–H and O–H groups in total.